The average Bonchev–Trinajstić information content (AvgIpc) is 1.18. The standard InChI is InChI=1S/C80H151NO10/c1-3-5-7-9-11-13-15-16-17-42-45-48-52-56-60-64-68-76(85)89-69-65-61-57-53-49-46-43-40-38-36-34-32-30-28-26-24-22-20-18-19-21-23-25-27-29-31-33-35-37-39-41-44-47-51-55-59-63-67-75(84)81-72(71-90-80-79(88)78(87)77(86)74(70-82)91-80)73(83)66-62-58-54-50-14-12-10-8-6-4-2/h13,15,17,42,62,66,72-74,77-80,82-83,86-88H,3-12,14,16,18-41,43-61,63-65,67-71H2,1-2H3,(H,81,84)/b15-13-,42-17-,66-62+. The fourth-order valence-electron chi connectivity index (χ4n) is 12.8. The number of allylic oxidation sites excluding steroid dienone is 5. The highest BCUT2D eigenvalue weighted by Gasteiger charge is 2.44. The fraction of sp³-hybridized carbons (Fsp3) is 0.900. The summed E-state index contributed by atoms with van der Waals surface area (Å²) in [5.41, 5.74) is 0. The lowest BCUT2D eigenvalue weighted by molar-refractivity contribution is -0.302. The van der Waals surface area contributed by atoms with Crippen molar-refractivity contribution in [3.63, 3.8) is 0 Å². The number of unbranched alkanes of at least 4 members (excludes halogenated alkanes) is 53. The van der Waals surface area contributed by atoms with Crippen molar-refractivity contribution in [1.29, 1.82) is 0 Å². The molecule has 0 aliphatic carbocycles. The summed E-state index contributed by atoms with van der Waals surface area (Å²) >= 11 is 0. The van der Waals surface area contributed by atoms with Crippen LogP contribution in [0.1, 0.15) is 399 Å². The summed E-state index contributed by atoms with van der Waals surface area (Å²) in [5.74, 6) is -0.171. The minimum absolute atomic E-state index is 0.00419. The van der Waals surface area contributed by atoms with Crippen molar-refractivity contribution in [2.24, 2.45) is 0 Å². The van der Waals surface area contributed by atoms with Crippen molar-refractivity contribution in [2.45, 2.75) is 442 Å². The predicted molar refractivity (Wildman–Crippen MR) is 384 cm³/mol. The van der Waals surface area contributed by atoms with Crippen LogP contribution in [0.3, 0.4) is 0 Å². The molecule has 1 amide bonds. The smallest absolute Gasteiger partial charge is 0.305 e. The van der Waals surface area contributed by atoms with Crippen molar-refractivity contribution in [3.8, 4) is 0 Å². The zero-order chi connectivity index (χ0) is 65.8. The highest BCUT2D eigenvalue weighted by Crippen LogP contribution is 2.24. The molecule has 11 nitrogen and oxygen atoms in total. The van der Waals surface area contributed by atoms with Crippen LogP contribution in [-0.4, -0.2) is 100 Å². The van der Waals surface area contributed by atoms with Gasteiger partial charge >= 0.3 is 5.97 Å². The maximum absolute atomic E-state index is 13.0. The predicted octanol–water partition coefficient (Wildman–Crippen LogP) is 21.3. The number of aliphatic hydroxyl groups excluding tert-OH is 5. The topological polar surface area (TPSA) is 175 Å². The number of amides is 1. The largest absolute Gasteiger partial charge is 0.466 e. The lowest BCUT2D eigenvalue weighted by Gasteiger charge is -2.40. The molecule has 0 aromatic carbocycles. The number of rotatable bonds is 71. The van der Waals surface area contributed by atoms with E-state index in [9.17, 15) is 35.1 Å². The van der Waals surface area contributed by atoms with Crippen LogP contribution in [0.5, 0.6) is 0 Å². The van der Waals surface area contributed by atoms with E-state index in [0.717, 1.165) is 64.2 Å². The Bertz CT molecular complexity index is 1610. The molecular formula is C80H151NO10. The minimum atomic E-state index is -1.57. The van der Waals surface area contributed by atoms with E-state index in [1.54, 1.807) is 6.08 Å². The first kappa shape index (κ1) is 86.9. The number of esters is 1. The van der Waals surface area contributed by atoms with Crippen molar-refractivity contribution in [2.75, 3.05) is 19.8 Å². The van der Waals surface area contributed by atoms with Gasteiger partial charge in [0.15, 0.2) is 6.29 Å². The Labute approximate surface area is 562 Å². The van der Waals surface area contributed by atoms with Gasteiger partial charge in [0.1, 0.15) is 24.4 Å². The molecular weight excluding hydrogens is 1130 g/mol. The van der Waals surface area contributed by atoms with E-state index in [4.69, 9.17) is 14.2 Å². The molecule has 0 aromatic rings. The van der Waals surface area contributed by atoms with Gasteiger partial charge in [-0.3, -0.25) is 9.59 Å². The van der Waals surface area contributed by atoms with Crippen LogP contribution in [0.15, 0.2) is 36.5 Å². The van der Waals surface area contributed by atoms with Crippen LogP contribution in [0.2, 0.25) is 0 Å². The van der Waals surface area contributed by atoms with Crippen molar-refractivity contribution in [3.05, 3.63) is 36.5 Å². The summed E-state index contributed by atoms with van der Waals surface area (Å²) in [4.78, 5) is 25.1. The quantitative estimate of drug-likeness (QED) is 0.0195. The van der Waals surface area contributed by atoms with Gasteiger partial charge in [-0.05, 0) is 64.2 Å². The van der Waals surface area contributed by atoms with E-state index >= 15 is 0 Å². The van der Waals surface area contributed by atoms with E-state index in [1.165, 1.54) is 308 Å². The van der Waals surface area contributed by atoms with Crippen LogP contribution in [0.25, 0.3) is 0 Å². The minimum Gasteiger partial charge on any atom is -0.466 e. The van der Waals surface area contributed by atoms with E-state index in [1.807, 2.05) is 6.08 Å². The Kier molecular flexibility index (Phi) is 66.1. The van der Waals surface area contributed by atoms with Crippen LogP contribution in [-0.2, 0) is 23.8 Å². The summed E-state index contributed by atoms with van der Waals surface area (Å²) in [7, 11) is 0. The van der Waals surface area contributed by atoms with Crippen LogP contribution < -0.4 is 5.32 Å². The van der Waals surface area contributed by atoms with Gasteiger partial charge in [-0.1, -0.05) is 359 Å². The first-order chi connectivity index (χ1) is 44.7. The second-order valence-corrected chi connectivity index (χ2v) is 27.8. The summed E-state index contributed by atoms with van der Waals surface area (Å²) in [6.45, 7) is 4.35. The number of aliphatic hydroxyl groups is 5. The lowest BCUT2D eigenvalue weighted by Crippen LogP contribution is -2.60. The SMILES string of the molecule is CCCCCC/C=C\C/C=C\CCCCCCCC(=O)OCCCCCCCCCCCCCCCCCCCCCCCCCCCCCCCCCCCCCCCC(=O)NC(COC1OC(CO)C(O)C(O)C1O)C(O)/C=C/CCCCCCCCCC. The second-order valence-electron chi connectivity index (χ2n) is 27.8. The van der Waals surface area contributed by atoms with E-state index in [-0.39, 0.29) is 18.5 Å². The molecule has 1 fully saturated rings. The van der Waals surface area contributed by atoms with Gasteiger partial charge in [0.2, 0.25) is 5.91 Å². The number of hydrogen-bond donors (Lipinski definition) is 6. The molecule has 11 heteroatoms. The van der Waals surface area contributed by atoms with Gasteiger partial charge in [0, 0.05) is 12.8 Å². The van der Waals surface area contributed by atoms with Crippen molar-refractivity contribution >= 4 is 11.9 Å². The van der Waals surface area contributed by atoms with Crippen molar-refractivity contribution < 1.29 is 49.3 Å². The highest BCUT2D eigenvalue weighted by atomic mass is 16.7. The maximum atomic E-state index is 13.0. The van der Waals surface area contributed by atoms with Crippen LogP contribution >= 0.6 is 0 Å². The number of carbonyl (C=O) groups excluding carboxylic acids is 2. The Morgan fingerprint density at radius 2 is 0.736 bits per heavy atom. The summed E-state index contributed by atoms with van der Waals surface area (Å²) in [6, 6.07) is -0.804. The Balaban J connectivity index is 1.85. The van der Waals surface area contributed by atoms with Crippen LogP contribution in [0, 0.1) is 0 Å². The molecule has 6 N–H and O–H groups in total. The van der Waals surface area contributed by atoms with E-state index in [2.05, 4.69) is 43.5 Å². The molecule has 1 rings (SSSR count). The maximum Gasteiger partial charge on any atom is 0.305 e. The molecule has 0 bridgehead atoms. The normalized spacial score (nSPS) is 17.7. The van der Waals surface area contributed by atoms with Crippen LogP contribution in [0.4, 0.5) is 0 Å². The lowest BCUT2D eigenvalue weighted by atomic mass is 9.99. The molecule has 7 unspecified atom stereocenters. The van der Waals surface area contributed by atoms with Gasteiger partial charge in [-0.2, -0.15) is 0 Å². The number of nitrogens with one attached hydrogen (secondary N) is 1. The molecule has 0 aromatic heterocycles. The molecule has 91 heavy (non-hydrogen) atoms. The molecule has 0 saturated carbocycles. The third-order valence-corrected chi connectivity index (χ3v) is 19.0. The van der Waals surface area contributed by atoms with Gasteiger partial charge in [0.25, 0.3) is 0 Å². The third kappa shape index (κ3) is 57.8. The van der Waals surface area contributed by atoms with E-state index in [0.29, 0.717) is 19.4 Å². The molecule has 1 saturated heterocycles. The molecule has 1 aliphatic rings. The summed E-state index contributed by atoms with van der Waals surface area (Å²) in [5, 5.41) is 54.4. The molecule has 536 valence electrons. The molecule has 1 heterocycles. The second kappa shape index (κ2) is 69.2. The van der Waals surface area contributed by atoms with Crippen molar-refractivity contribution in [1.82, 2.24) is 5.32 Å². The zero-order valence-corrected chi connectivity index (χ0v) is 59.8. The number of hydrogen-bond acceptors (Lipinski definition) is 10. The first-order valence-electron chi connectivity index (χ1n) is 39.8. The number of ether oxygens (including phenoxy) is 3. The molecule has 0 spiro atoms. The fourth-order valence-corrected chi connectivity index (χ4v) is 12.8. The molecule has 0 radical (unpaired) electrons. The third-order valence-electron chi connectivity index (χ3n) is 19.0. The Hall–Kier alpha value is -2.12. The van der Waals surface area contributed by atoms with E-state index < -0.39 is 49.5 Å². The van der Waals surface area contributed by atoms with Gasteiger partial charge < -0.3 is 45.1 Å². The van der Waals surface area contributed by atoms with Gasteiger partial charge in [-0.25, -0.2) is 0 Å². The number of carbonyl (C=O) groups is 2. The summed E-state index contributed by atoms with van der Waals surface area (Å²) < 4.78 is 16.7. The molecule has 1 aliphatic heterocycles. The Morgan fingerprint density at radius 1 is 0.407 bits per heavy atom. The average molecular weight is 1290 g/mol. The first-order valence-corrected chi connectivity index (χ1v) is 39.8. The monoisotopic (exact) mass is 1290 g/mol. The zero-order valence-electron chi connectivity index (χ0n) is 59.8. The Morgan fingerprint density at radius 3 is 1.12 bits per heavy atom. The van der Waals surface area contributed by atoms with Gasteiger partial charge in [0.05, 0.1) is 32.0 Å². The summed E-state index contributed by atoms with van der Waals surface area (Å²) in [6.07, 6.45) is 80.5. The van der Waals surface area contributed by atoms with Gasteiger partial charge in [-0.15, -0.1) is 0 Å². The highest BCUT2D eigenvalue weighted by molar-refractivity contribution is 5.76. The molecule has 7 atom stereocenters.